The number of carboxylic acids is 1. The number of primary amides is 1. The average Bonchev–Trinajstić information content (AvgIpc) is 3.22. The van der Waals surface area contributed by atoms with Crippen LogP contribution in [-0.2, 0) is 10.2 Å². The third kappa shape index (κ3) is 7.50. The molecule has 10 heteroatoms. The predicted octanol–water partition coefficient (Wildman–Crippen LogP) is 6.50. The Morgan fingerprint density at radius 3 is 2.21 bits per heavy atom. The number of hydrogen-bond acceptors (Lipinski definition) is 5. The number of carbonyl (C=O) groups excluding carboxylic acids is 1. The number of carbonyl (C=O) groups is 2. The molecule has 4 rings (SSSR count). The first-order chi connectivity index (χ1) is 20.2. The van der Waals surface area contributed by atoms with E-state index in [4.69, 9.17) is 44.5 Å². The number of rotatable bonds is 8. The Morgan fingerprint density at radius 2 is 1.70 bits per heavy atom. The lowest BCUT2D eigenvalue weighted by atomic mass is 9.62. The van der Waals surface area contributed by atoms with Crippen molar-refractivity contribution >= 4 is 35.1 Å². The first-order valence-corrected chi connectivity index (χ1v) is 14.8. The number of likely N-dealkylation sites (tertiary alicyclic amines) is 1. The van der Waals surface area contributed by atoms with Gasteiger partial charge in [-0.15, -0.1) is 0 Å². The van der Waals surface area contributed by atoms with Gasteiger partial charge in [0.05, 0.1) is 18.7 Å². The van der Waals surface area contributed by atoms with Gasteiger partial charge in [0.2, 0.25) is 5.91 Å². The zero-order valence-corrected chi connectivity index (χ0v) is 26.6. The number of likely N-dealkylation sites (N-methyl/N-ethyl adjacent to an activating group) is 1. The molecular formula is C33H40Cl2FN3O4. The molecular weight excluding hydrogens is 592 g/mol. The van der Waals surface area contributed by atoms with Crippen molar-refractivity contribution in [2.75, 3.05) is 20.2 Å². The Balaban J connectivity index is 0.000000386. The van der Waals surface area contributed by atoms with Crippen LogP contribution in [0.1, 0.15) is 61.5 Å². The zero-order valence-electron chi connectivity index (χ0n) is 25.1. The Bertz CT molecular complexity index is 1450. The number of methoxy groups -OCH3 is 1. The van der Waals surface area contributed by atoms with Crippen molar-refractivity contribution in [1.82, 2.24) is 4.90 Å². The molecule has 1 saturated heterocycles. The summed E-state index contributed by atoms with van der Waals surface area (Å²) in [6.45, 7) is 9.09. The van der Waals surface area contributed by atoms with E-state index in [0.29, 0.717) is 34.3 Å². The highest BCUT2D eigenvalue weighted by Crippen LogP contribution is 2.55. The van der Waals surface area contributed by atoms with Gasteiger partial charge in [-0.25, -0.2) is 9.18 Å². The van der Waals surface area contributed by atoms with E-state index in [1.807, 2.05) is 25.1 Å². The minimum Gasteiger partial charge on any atom is -0.497 e. The molecule has 43 heavy (non-hydrogen) atoms. The quantitative estimate of drug-likeness (QED) is 0.261. The highest BCUT2D eigenvalue weighted by Gasteiger charge is 2.62. The van der Waals surface area contributed by atoms with Gasteiger partial charge in [-0.2, -0.15) is 0 Å². The van der Waals surface area contributed by atoms with Crippen LogP contribution in [0.5, 0.6) is 5.75 Å². The van der Waals surface area contributed by atoms with Gasteiger partial charge < -0.3 is 21.3 Å². The molecule has 0 saturated carbocycles. The standard InChI is InChI=1S/C25H32Cl2FN3O.C8H8O3/c1-5-31-20(13-24(2,3)4)25(14-29,18-10-9-17(27)12-19(18)28)21(22(31)23(30)32)15-7-6-8-16(26)11-15;1-11-7-4-2-3-6(5-7)8(9)10/h6-12,20-22H,5,13-14,29H2,1-4H3,(H2,30,32);2-5H,1H3,(H,9,10)/t20-,21-,22+,25-;/m0./s1. The Kier molecular flexibility index (Phi) is 11.2. The van der Waals surface area contributed by atoms with E-state index in [9.17, 15) is 9.59 Å². The van der Waals surface area contributed by atoms with Gasteiger partial charge in [0.1, 0.15) is 11.6 Å². The van der Waals surface area contributed by atoms with Crippen molar-refractivity contribution in [3.63, 3.8) is 0 Å². The number of nitrogens with two attached hydrogens (primary N) is 2. The fraction of sp³-hybridized carbons (Fsp3) is 0.394. The summed E-state index contributed by atoms with van der Waals surface area (Å²) in [5.41, 5.74) is 13.0. The van der Waals surface area contributed by atoms with E-state index in [1.54, 1.807) is 30.3 Å². The molecule has 232 valence electrons. The van der Waals surface area contributed by atoms with Crippen molar-refractivity contribution in [2.24, 2.45) is 16.9 Å². The van der Waals surface area contributed by atoms with E-state index >= 15 is 4.39 Å². The van der Waals surface area contributed by atoms with Gasteiger partial charge in [0.25, 0.3) is 0 Å². The fourth-order valence-corrected chi connectivity index (χ4v) is 6.67. The SMILES string of the molecule is CCN1[C@@H](CC(C)(C)C)[C@](CN)(c2ccc(Cl)cc2F)[C@@H](c2cccc(Cl)c2)[C@@H]1C(N)=O.COc1cccc(C(=O)O)c1. The minimum atomic E-state index is -0.941. The van der Waals surface area contributed by atoms with E-state index in [2.05, 4.69) is 25.7 Å². The van der Waals surface area contributed by atoms with E-state index in [1.165, 1.54) is 25.3 Å². The number of amides is 1. The Hall–Kier alpha value is -3.17. The van der Waals surface area contributed by atoms with Gasteiger partial charge >= 0.3 is 5.97 Å². The summed E-state index contributed by atoms with van der Waals surface area (Å²) in [5.74, 6) is -1.75. The van der Waals surface area contributed by atoms with E-state index < -0.39 is 35.1 Å². The summed E-state index contributed by atoms with van der Waals surface area (Å²) >= 11 is 12.4. The Morgan fingerprint density at radius 1 is 1.05 bits per heavy atom. The molecule has 7 nitrogen and oxygen atoms in total. The largest absolute Gasteiger partial charge is 0.497 e. The maximum atomic E-state index is 15.6. The molecule has 1 aliphatic rings. The fourth-order valence-electron chi connectivity index (χ4n) is 6.32. The lowest BCUT2D eigenvalue weighted by Gasteiger charge is -2.43. The lowest BCUT2D eigenvalue weighted by Crippen LogP contribution is -2.51. The normalized spacial score (nSPS) is 22.0. The van der Waals surface area contributed by atoms with Crippen LogP contribution in [0.2, 0.25) is 10.0 Å². The van der Waals surface area contributed by atoms with Crippen molar-refractivity contribution in [3.8, 4) is 5.75 Å². The van der Waals surface area contributed by atoms with Gasteiger partial charge in [-0.1, -0.05) is 75.2 Å². The highest BCUT2D eigenvalue weighted by molar-refractivity contribution is 6.30. The molecule has 0 spiro atoms. The third-order valence-corrected chi connectivity index (χ3v) is 8.45. The maximum absolute atomic E-state index is 15.6. The molecule has 1 amide bonds. The summed E-state index contributed by atoms with van der Waals surface area (Å²) in [4.78, 5) is 25.4. The van der Waals surface area contributed by atoms with Gasteiger partial charge in [0.15, 0.2) is 0 Å². The first-order valence-electron chi connectivity index (χ1n) is 14.0. The number of aromatic carboxylic acids is 1. The maximum Gasteiger partial charge on any atom is 0.335 e. The van der Waals surface area contributed by atoms with Crippen molar-refractivity contribution < 1.29 is 23.8 Å². The van der Waals surface area contributed by atoms with Crippen LogP contribution >= 0.6 is 23.2 Å². The number of carboxylic acid groups (broad SMARTS) is 1. The first kappa shape index (κ1) is 34.3. The molecule has 0 aliphatic carbocycles. The van der Waals surface area contributed by atoms with Gasteiger partial charge in [-0.3, -0.25) is 9.69 Å². The molecule has 0 bridgehead atoms. The molecule has 0 radical (unpaired) electrons. The van der Waals surface area contributed by atoms with E-state index in [0.717, 1.165) is 5.56 Å². The van der Waals surface area contributed by atoms with Gasteiger partial charge in [0, 0.05) is 34.0 Å². The summed E-state index contributed by atoms with van der Waals surface area (Å²) in [5, 5.41) is 9.39. The number of ether oxygens (including phenoxy) is 1. The highest BCUT2D eigenvalue weighted by atomic mass is 35.5. The molecule has 0 aromatic heterocycles. The van der Waals surface area contributed by atoms with Crippen molar-refractivity contribution in [3.05, 3.63) is 99.3 Å². The van der Waals surface area contributed by atoms with E-state index in [-0.39, 0.29) is 23.6 Å². The molecule has 1 fully saturated rings. The zero-order chi connectivity index (χ0) is 32.1. The number of benzene rings is 3. The smallest absolute Gasteiger partial charge is 0.335 e. The molecule has 4 atom stereocenters. The summed E-state index contributed by atoms with van der Waals surface area (Å²) in [7, 11) is 1.50. The van der Waals surface area contributed by atoms with Crippen LogP contribution in [0.25, 0.3) is 0 Å². The summed E-state index contributed by atoms with van der Waals surface area (Å²) in [6.07, 6.45) is 0.695. The predicted molar refractivity (Wildman–Crippen MR) is 170 cm³/mol. The molecule has 3 aromatic carbocycles. The number of hydrogen-bond donors (Lipinski definition) is 3. The van der Waals surface area contributed by atoms with Crippen molar-refractivity contribution in [1.29, 1.82) is 0 Å². The minimum absolute atomic E-state index is 0.104. The van der Waals surface area contributed by atoms with Crippen LogP contribution in [0.3, 0.4) is 0 Å². The number of halogens is 3. The van der Waals surface area contributed by atoms with Crippen LogP contribution < -0.4 is 16.2 Å². The van der Waals surface area contributed by atoms with Crippen molar-refractivity contribution in [2.45, 2.75) is 57.5 Å². The Labute approximate surface area is 262 Å². The average molecular weight is 633 g/mol. The second kappa shape index (κ2) is 14.1. The molecule has 1 aliphatic heterocycles. The lowest BCUT2D eigenvalue weighted by molar-refractivity contribution is -0.123. The van der Waals surface area contributed by atoms with Crippen LogP contribution in [0, 0.1) is 11.2 Å². The van der Waals surface area contributed by atoms with Gasteiger partial charge in [-0.05, 0) is 72.0 Å². The number of nitrogens with zero attached hydrogens (tertiary/aromatic N) is 1. The van der Waals surface area contributed by atoms with Crippen LogP contribution in [0.15, 0.2) is 66.7 Å². The van der Waals surface area contributed by atoms with Crippen LogP contribution in [-0.4, -0.2) is 54.2 Å². The molecule has 0 unspecified atom stereocenters. The second-order valence-corrected chi connectivity index (χ2v) is 12.8. The summed E-state index contributed by atoms with van der Waals surface area (Å²) in [6, 6.07) is 17.5. The summed E-state index contributed by atoms with van der Waals surface area (Å²) < 4.78 is 20.4. The topological polar surface area (TPSA) is 119 Å². The molecule has 5 N–H and O–H groups in total. The van der Waals surface area contributed by atoms with Crippen LogP contribution in [0.4, 0.5) is 4.39 Å². The molecule has 1 heterocycles. The molecule has 3 aromatic rings. The monoisotopic (exact) mass is 631 g/mol. The third-order valence-electron chi connectivity index (χ3n) is 7.98. The second-order valence-electron chi connectivity index (χ2n) is 11.9.